The molecule has 0 aliphatic rings. The molecule has 0 heterocycles. The zero-order valence-corrected chi connectivity index (χ0v) is 15.7. The van der Waals surface area contributed by atoms with E-state index in [0.717, 1.165) is 31.4 Å². The Kier molecular flexibility index (Phi) is 10.7. The summed E-state index contributed by atoms with van der Waals surface area (Å²) in [6.45, 7) is 3.15. The molecule has 0 fully saturated rings. The Morgan fingerprint density at radius 1 is 1.24 bits per heavy atom. The molecule has 0 aliphatic heterocycles. The first-order valence-corrected chi connectivity index (χ1v) is 5.79. The van der Waals surface area contributed by atoms with Crippen LogP contribution in [0.1, 0.15) is 42.1 Å². The average Bonchev–Trinajstić information content (AvgIpc) is 2.34. The topological polar surface area (TPSA) is 52.9 Å². The fourth-order valence-corrected chi connectivity index (χ4v) is 1.45. The number of hydrogen-bond acceptors (Lipinski definition) is 1. The zero-order chi connectivity index (χ0) is 11.8. The number of nitrogens with one attached hydrogen (secondary N) is 2. The fourth-order valence-electron chi connectivity index (χ4n) is 1.45. The molecule has 0 aliphatic carbocycles. The molecule has 0 aromatic heterocycles. The van der Waals surface area contributed by atoms with Gasteiger partial charge < -0.3 is 11.1 Å². The molecular weight excluding hydrogens is 286 g/mol. The second-order valence-electron chi connectivity index (χ2n) is 3.84. The van der Waals surface area contributed by atoms with Crippen LogP contribution in [-0.4, -0.2) is 12.5 Å². The summed E-state index contributed by atoms with van der Waals surface area (Å²) >= 11 is 0. The van der Waals surface area contributed by atoms with Crippen molar-refractivity contribution in [3.8, 4) is 0 Å². The molecule has 1 rings (SSSR count). The average molecular weight is 305 g/mol. The quantitative estimate of drug-likeness (QED) is 0.748. The van der Waals surface area contributed by atoms with Crippen LogP contribution in [0.3, 0.4) is 0 Å². The minimum atomic E-state index is -0.0207. The molecule has 0 bridgehead atoms. The van der Waals surface area contributed by atoms with Crippen molar-refractivity contribution in [2.24, 2.45) is 0 Å². The van der Waals surface area contributed by atoms with Crippen LogP contribution < -0.4 is 63.5 Å². The Labute approximate surface area is 152 Å². The zero-order valence-electron chi connectivity index (χ0n) is 10.8. The van der Waals surface area contributed by atoms with E-state index in [-0.39, 0.29) is 70.6 Å². The molecule has 1 amide bonds. The Morgan fingerprint density at radius 3 is 2.41 bits per heavy atom. The minimum Gasteiger partial charge on any atom is -0.674 e. The first-order chi connectivity index (χ1) is 7.77. The first kappa shape index (κ1) is 17.5. The van der Waals surface area contributed by atoms with Crippen molar-refractivity contribution < 1.29 is 63.0 Å². The van der Waals surface area contributed by atoms with Gasteiger partial charge in [-0.1, -0.05) is 37.5 Å². The van der Waals surface area contributed by atoms with Crippen LogP contribution in [0.4, 0.5) is 0 Å². The van der Waals surface area contributed by atoms with Gasteiger partial charge in [0.1, 0.15) is 0 Å². The summed E-state index contributed by atoms with van der Waals surface area (Å²) in [6.07, 6.45) is 3.35. The molecule has 0 saturated heterocycles. The van der Waals surface area contributed by atoms with Crippen LogP contribution in [0.5, 0.6) is 0 Å². The van der Waals surface area contributed by atoms with Gasteiger partial charge in [0.25, 0.3) is 5.91 Å². The number of carbonyl (C=O) groups is 1. The third-order valence-electron chi connectivity index (χ3n) is 2.49. The van der Waals surface area contributed by atoms with Gasteiger partial charge in [-0.05, 0) is 18.6 Å². The summed E-state index contributed by atoms with van der Waals surface area (Å²) in [5, 5.41) is 2.89. The van der Waals surface area contributed by atoms with Gasteiger partial charge in [-0.15, -0.1) is 6.54 Å². The minimum absolute atomic E-state index is 0. The van der Waals surface area contributed by atoms with Crippen molar-refractivity contribution in [1.29, 1.82) is 0 Å². The van der Waals surface area contributed by atoms with Crippen LogP contribution in [0.25, 0.3) is 5.73 Å². The summed E-state index contributed by atoms with van der Waals surface area (Å²) in [4.78, 5) is 11.6. The number of hydrogen-bond donors (Lipinski definition) is 1. The molecule has 0 spiro atoms. The normalized spacial score (nSPS) is 9.53. The van der Waals surface area contributed by atoms with Crippen LogP contribution in [0.15, 0.2) is 24.3 Å². The molecule has 0 saturated carbocycles. The summed E-state index contributed by atoms with van der Waals surface area (Å²) in [5.41, 5.74) is 8.79. The summed E-state index contributed by atoms with van der Waals surface area (Å²) < 4.78 is 0. The van der Waals surface area contributed by atoms with Gasteiger partial charge in [0, 0.05) is 12.1 Å². The smallest absolute Gasteiger partial charge is 0.674 e. The van der Waals surface area contributed by atoms with Gasteiger partial charge in [0.05, 0.1) is 0 Å². The summed E-state index contributed by atoms with van der Waals surface area (Å²) in [6, 6.07) is 7.21. The van der Waals surface area contributed by atoms with Crippen molar-refractivity contribution in [2.45, 2.75) is 32.7 Å². The number of unbranched alkanes of at least 4 members (excludes halogenated alkanes) is 2. The van der Waals surface area contributed by atoms with Crippen molar-refractivity contribution in [3.05, 3.63) is 41.1 Å². The van der Waals surface area contributed by atoms with E-state index in [1.54, 1.807) is 12.1 Å². The van der Waals surface area contributed by atoms with Gasteiger partial charge in [-0.25, -0.2) is 0 Å². The SMILES string of the molecule is CCCCCNC(=O)c1ccc(C[NH-])cc1.[Rb+]. The Bertz CT molecular complexity index is 325. The van der Waals surface area contributed by atoms with Gasteiger partial charge in [-0.3, -0.25) is 4.79 Å². The standard InChI is InChI=1S/C13H19N2O.Rb/c1-2-3-4-9-15-13(16)12-7-5-11(10-14)6-8-12;/h5-8,14H,2-4,9-10H2,1H3,(H,15,16);/q-1;+1. The maximum atomic E-state index is 11.6. The van der Waals surface area contributed by atoms with Crippen molar-refractivity contribution in [3.63, 3.8) is 0 Å². The molecular formula is C13H19N2ORb. The summed E-state index contributed by atoms with van der Waals surface area (Å²) in [5.74, 6) is -0.0207. The molecule has 0 radical (unpaired) electrons. The van der Waals surface area contributed by atoms with Gasteiger partial charge >= 0.3 is 58.2 Å². The predicted octanol–water partition coefficient (Wildman–Crippen LogP) is 0.163. The van der Waals surface area contributed by atoms with Crippen molar-refractivity contribution in [1.82, 2.24) is 5.32 Å². The van der Waals surface area contributed by atoms with Crippen molar-refractivity contribution in [2.75, 3.05) is 6.54 Å². The van der Waals surface area contributed by atoms with E-state index in [4.69, 9.17) is 5.73 Å². The summed E-state index contributed by atoms with van der Waals surface area (Å²) in [7, 11) is 0. The fraction of sp³-hybridized carbons (Fsp3) is 0.462. The molecule has 1 aromatic rings. The number of rotatable bonds is 6. The van der Waals surface area contributed by atoms with E-state index in [2.05, 4.69) is 12.2 Å². The molecule has 88 valence electrons. The third-order valence-corrected chi connectivity index (χ3v) is 2.49. The molecule has 3 nitrogen and oxygen atoms in total. The second-order valence-corrected chi connectivity index (χ2v) is 3.84. The number of amides is 1. The van der Waals surface area contributed by atoms with E-state index in [0.29, 0.717) is 5.56 Å². The molecule has 4 heteroatoms. The van der Waals surface area contributed by atoms with E-state index in [9.17, 15) is 4.79 Å². The van der Waals surface area contributed by atoms with Crippen LogP contribution in [0, 0.1) is 0 Å². The number of carbonyl (C=O) groups excluding carboxylic acids is 1. The molecule has 2 N–H and O–H groups in total. The van der Waals surface area contributed by atoms with Crippen LogP contribution in [0.2, 0.25) is 0 Å². The van der Waals surface area contributed by atoms with Gasteiger partial charge in [0.2, 0.25) is 0 Å². The maximum absolute atomic E-state index is 11.6. The van der Waals surface area contributed by atoms with Gasteiger partial charge in [0.15, 0.2) is 0 Å². The molecule has 0 unspecified atom stereocenters. The number of benzene rings is 1. The molecule has 1 aromatic carbocycles. The Morgan fingerprint density at radius 2 is 1.88 bits per heavy atom. The maximum Gasteiger partial charge on any atom is 1.00 e. The predicted molar refractivity (Wildman–Crippen MR) is 66.3 cm³/mol. The van der Waals surface area contributed by atoms with E-state index >= 15 is 0 Å². The van der Waals surface area contributed by atoms with Crippen LogP contribution in [-0.2, 0) is 6.54 Å². The largest absolute Gasteiger partial charge is 1.00 e. The second kappa shape index (κ2) is 10.4. The van der Waals surface area contributed by atoms with Crippen LogP contribution >= 0.6 is 0 Å². The third kappa shape index (κ3) is 6.82. The van der Waals surface area contributed by atoms with Crippen molar-refractivity contribution >= 4 is 5.91 Å². The monoisotopic (exact) mass is 304 g/mol. The van der Waals surface area contributed by atoms with E-state index in [1.807, 2.05) is 12.1 Å². The van der Waals surface area contributed by atoms with Gasteiger partial charge in [-0.2, -0.15) is 0 Å². The molecule has 17 heavy (non-hydrogen) atoms. The van der Waals surface area contributed by atoms with E-state index < -0.39 is 0 Å². The Balaban J connectivity index is 0.00000256. The Hall–Kier alpha value is 0.455. The first-order valence-electron chi connectivity index (χ1n) is 5.79. The molecule has 0 atom stereocenters. The van der Waals surface area contributed by atoms with E-state index in [1.165, 1.54) is 0 Å².